The van der Waals surface area contributed by atoms with Gasteiger partial charge in [-0.2, -0.15) is 13.2 Å². The average molecular weight is 422 g/mol. The van der Waals surface area contributed by atoms with Gasteiger partial charge in [-0.15, -0.1) is 0 Å². The lowest BCUT2D eigenvalue weighted by molar-refractivity contribution is -0.154. The van der Waals surface area contributed by atoms with Crippen LogP contribution in [-0.4, -0.2) is 46.0 Å². The molecule has 0 saturated carbocycles. The number of hydrogen-bond donors (Lipinski definition) is 1. The summed E-state index contributed by atoms with van der Waals surface area (Å²) in [6, 6.07) is 6.16. The van der Waals surface area contributed by atoms with Crippen LogP contribution in [0.4, 0.5) is 19.0 Å². The molecule has 2 aromatic heterocycles. The number of rotatable bonds is 7. The molecule has 7 nitrogen and oxygen atoms in total. The zero-order valence-corrected chi connectivity index (χ0v) is 16.5. The minimum atomic E-state index is -4.44. The van der Waals surface area contributed by atoms with E-state index in [1.54, 1.807) is 36.9 Å². The second kappa shape index (κ2) is 8.68. The maximum atomic E-state index is 12.7. The van der Waals surface area contributed by atoms with E-state index in [0.717, 1.165) is 0 Å². The Morgan fingerprint density at radius 3 is 2.77 bits per heavy atom. The van der Waals surface area contributed by atoms with Crippen LogP contribution < -0.4 is 10.1 Å². The molecule has 0 fully saturated rings. The number of pyridine rings is 2. The number of hydrogen-bond acceptors (Lipinski definition) is 5. The molecule has 30 heavy (non-hydrogen) atoms. The molecule has 1 aliphatic heterocycles. The summed E-state index contributed by atoms with van der Waals surface area (Å²) in [6.45, 7) is 2.69. The van der Waals surface area contributed by atoms with Crippen LogP contribution >= 0.6 is 0 Å². The van der Waals surface area contributed by atoms with Crippen molar-refractivity contribution in [3.63, 3.8) is 0 Å². The first-order valence-electron chi connectivity index (χ1n) is 9.37. The Kier molecular flexibility index (Phi) is 6.23. The summed E-state index contributed by atoms with van der Waals surface area (Å²) in [7, 11) is 0. The first kappa shape index (κ1) is 21.5. The third-order valence-electron chi connectivity index (χ3n) is 4.49. The number of anilines is 1. The van der Waals surface area contributed by atoms with E-state index < -0.39 is 12.8 Å². The van der Waals surface area contributed by atoms with Crippen molar-refractivity contribution in [1.29, 1.82) is 0 Å². The van der Waals surface area contributed by atoms with E-state index >= 15 is 0 Å². The third kappa shape index (κ3) is 5.25. The normalized spacial score (nSPS) is 13.5. The van der Waals surface area contributed by atoms with E-state index in [-0.39, 0.29) is 30.2 Å². The predicted octanol–water partition coefficient (Wildman–Crippen LogP) is 3.21. The Labute approximate surface area is 171 Å². The third-order valence-corrected chi connectivity index (χ3v) is 4.49. The lowest BCUT2D eigenvalue weighted by Gasteiger charge is -2.16. The van der Waals surface area contributed by atoms with Crippen LogP contribution in [0, 0.1) is 5.92 Å². The Bertz CT molecular complexity index is 947. The Morgan fingerprint density at radius 1 is 1.30 bits per heavy atom. The van der Waals surface area contributed by atoms with Crippen LogP contribution in [0.25, 0.3) is 0 Å². The van der Waals surface area contributed by atoms with Gasteiger partial charge in [-0.05, 0) is 12.1 Å². The average Bonchev–Trinajstić information content (AvgIpc) is 3.01. The number of ether oxygens (including phenoxy) is 1. The van der Waals surface area contributed by atoms with E-state index in [9.17, 15) is 22.8 Å². The lowest BCUT2D eigenvalue weighted by Crippen LogP contribution is -2.26. The van der Waals surface area contributed by atoms with Gasteiger partial charge in [-0.3, -0.25) is 9.59 Å². The van der Waals surface area contributed by atoms with Crippen molar-refractivity contribution in [2.75, 3.05) is 18.5 Å². The van der Waals surface area contributed by atoms with Crippen LogP contribution in [0.2, 0.25) is 0 Å². The van der Waals surface area contributed by atoms with Crippen LogP contribution in [-0.2, 0) is 17.8 Å². The molecule has 1 aliphatic rings. The number of nitrogens with one attached hydrogen (secondary N) is 1. The van der Waals surface area contributed by atoms with Crippen molar-refractivity contribution in [1.82, 2.24) is 14.9 Å². The van der Waals surface area contributed by atoms with Gasteiger partial charge in [0.05, 0.1) is 6.54 Å². The van der Waals surface area contributed by atoms with Crippen LogP contribution in [0.1, 0.15) is 35.5 Å². The number of carbonyl (C=O) groups is 2. The maximum absolute atomic E-state index is 12.7. The molecule has 0 atom stereocenters. The highest BCUT2D eigenvalue weighted by atomic mass is 19.4. The van der Waals surface area contributed by atoms with Gasteiger partial charge in [-0.25, -0.2) is 9.97 Å². The number of fused-ring (bicyclic) bond motifs is 1. The number of halogens is 3. The molecule has 0 aliphatic carbocycles. The van der Waals surface area contributed by atoms with Gasteiger partial charge >= 0.3 is 6.18 Å². The van der Waals surface area contributed by atoms with Crippen LogP contribution in [0.5, 0.6) is 5.88 Å². The summed E-state index contributed by atoms with van der Waals surface area (Å²) in [5, 5.41) is 2.74. The molecular weight excluding hydrogens is 401 g/mol. The number of amides is 2. The van der Waals surface area contributed by atoms with Gasteiger partial charge in [0.15, 0.2) is 6.61 Å². The topological polar surface area (TPSA) is 84.4 Å². The highest BCUT2D eigenvalue weighted by molar-refractivity contribution is 6.01. The van der Waals surface area contributed by atoms with Gasteiger partial charge < -0.3 is 15.0 Å². The first-order chi connectivity index (χ1) is 14.1. The summed E-state index contributed by atoms with van der Waals surface area (Å²) in [5.74, 6) is -0.376. The second-order valence-corrected chi connectivity index (χ2v) is 7.18. The first-order valence-corrected chi connectivity index (χ1v) is 9.37. The fourth-order valence-corrected chi connectivity index (χ4v) is 2.92. The predicted molar refractivity (Wildman–Crippen MR) is 102 cm³/mol. The largest absolute Gasteiger partial charge is 0.468 e. The minimum absolute atomic E-state index is 0.122. The molecule has 0 saturated heterocycles. The van der Waals surface area contributed by atoms with Crippen molar-refractivity contribution < 1.29 is 27.5 Å². The summed E-state index contributed by atoms with van der Waals surface area (Å²) in [5.41, 5.74) is 1.62. The van der Waals surface area contributed by atoms with E-state index in [1.165, 1.54) is 12.3 Å². The van der Waals surface area contributed by atoms with Gasteiger partial charge in [0, 0.05) is 48.0 Å². The number of carbonyl (C=O) groups excluding carboxylic acids is 2. The SMILES string of the molecule is CC(C)C(=O)Nc1nccc2c1CN(CCc1cccc(OCC(F)(F)F)n1)C2=O. The van der Waals surface area contributed by atoms with E-state index in [0.29, 0.717) is 35.6 Å². The molecule has 3 heterocycles. The summed E-state index contributed by atoms with van der Waals surface area (Å²) in [4.78, 5) is 34.5. The molecule has 160 valence electrons. The number of nitrogens with zero attached hydrogens (tertiary/aromatic N) is 3. The maximum Gasteiger partial charge on any atom is 0.422 e. The molecule has 0 radical (unpaired) electrons. The molecule has 0 unspecified atom stereocenters. The van der Waals surface area contributed by atoms with Crippen LogP contribution in [0.15, 0.2) is 30.5 Å². The zero-order chi connectivity index (χ0) is 21.9. The van der Waals surface area contributed by atoms with Gasteiger partial charge in [0.25, 0.3) is 5.91 Å². The fraction of sp³-hybridized carbons (Fsp3) is 0.400. The van der Waals surface area contributed by atoms with Crippen molar-refractivity contribution in [3.8, 4) is 5.88 Å². The van der Waals surface area contributed by atoms with Crippen molar-refractivity contribution in [2.45, 2.75) is 33.0 Å². The van der Waals surface area contributed by atoms with Gasteiger partial charge in [0.2, 0.25) is 11.8 Å². The molecule has 0 spiro atoms. The van der Waals surface area contributed by atoms with Crippen LogP contribution in [0.3, 0.4) is 0 Å². The minimum Gasteiger partial charge on any atom is -0.468 e. The van der Waals surface area contributed by atoms with E-state index in [2.05, 4.69) is 20.0 Å². The number of aromatic nitrogens is 2. The quantitative estimate of drug-likeness (QED) is 0.741. The summed E-state index contributed by atoms with van der Waals surface area (Å²) < 4.78 is 41.5. The molecular formula is C20H21F3N4O3. The summed E-state index contributed by atoms with van der Waals surface area (Å²) in [6.07, 6.45) is -2.63. The van der Waals surface area contributed by atoms with Gasteiger partial charge in [-0.1, -0.05) is 19.9 Å². The smallest absolute Gasteiger partial charge is 0.422 e. The summed E-state index contributed by atoms with van der Waals surface area (Å²) >= 11 is 0. The van der Waals surface area contributed by atoms with Crippen molar-refractivity contribution in [3.05, 3.63) is 47.3 Å². The molecule has 2 amide bonds. The van der Waals surface area contributed by atoms with Gasteiger partial charge in [0.1, 0.15) is 5.82 Å². The second-order valence-electron chi connectivity index (χ2n) is 7.18. The zero-order valence-electron chi connectivity index (χ0n) is 16.5. The molecule has 0 bridgehead atoms. The van der Waals surface area contributed by atoms with Crippen molar-refractivity contribution >= 4 is 17.6 Å². The van der Waals surface area contributed by atoms with Crippen molar-refractivity contribution in [2.24, 2.45) is 5.92 Å². The molecule has 0 aromatic carbocycles. The Hall–Kier alpha value is -3.17. The molecule has 2 aromatic rings. The monoisotopic (exact) mass is 422 g/mol. The standard InChI is InChI=1S/C20H21F3N4O3/c1-12(2)18(28)26-17-15-10-27(19(29)14(15)6-8-24-17)9-7-13-4-3-5-16(25-13)30-11-20(21,22)23/h3-6,8,12H,7,9-11H2,1-2H3,(H,24,26,28). The Balaban J connectivity index is 1.65. The fourth-order valence-electron chi connectivity index (χ4n) is 2.92. The molecule has 3 rings (SSSR count). The number of alkyl halides is 3. The highest BCUT2D eigenvalue weighted by Gasteiger charge is 2.31. The lowest BCUT2D eigenvalue weighted by atomic mass is 10.1. The highest BCUT2D eigenvalue weighted by Crippen LogP contribution is 2.28. The Morgan fingerprint density at radius 2 is 2.07 bits per heavy atom. The molecule has 1 N–H and O–H groups in total. The van der Waals surface area contributed by atoms with E-state index in [1.807, 2.05) is 0 Å². The van der Waals surface area contributed by atoms with E-state index in [4.69, 9.17) is 0 Å². The molecule has 10 heteroatoms.